The number of benzene rings is 3. The first-order valence-corrected chi connectivity index (χ1v) is 15.4. The van der Waals surface area contributed by atoms with Crippen LogP contribution in [0.2, 0.25) is 0 Å². The number of hydrogen-bond donors (Lipinski definition) is 4. The maximum Gasteiger partial charge on any atom is 0.319 e. The van der Waals surface area contributed by atoms with Crippen molar-refractivity contribution in [3.8, 4) is 23.0 Å². The van der Waals surface area contributed by atoms with Gasteiger partial charge in [-0.25, -0.2) is 4.79 Å². The number of anilines is 2. The van der Waals surface area contributed by atoms with Crippen molar-refractivity contribution in [3.63, 3.8) is 0 Å². The van der Waals surface area contributed by atoms with Gasteiger partial charge in [0.05, 0.1) is 7.11 Å². The molecule has 10 heteroatoms. The van der Waals surface area contributed by atoms with Crippen LogP contribution in [0.1, 0.15) is 56.3 Å². The van der Waals surface area contributed by atoms with E-state index in [0.717, 1.165) is 57.5 Å². The van der Waals surface area contributed by atoms with Gasteiger partial charge < -0.3 is 40.2 Å². The second-order valence-electron chi connectivity index (χ2n) is 10.8. The monoisotopic (exact) mass is 604 g/mol. The zero-order valence-corrected chi connectivity index (χ0v) is 25.8. The number of hydrogen-bond acceptors (Lipinski definition) is 7. The molecule has 0 bridgehead atoms. The van der Waals surface area contributed by atoms with Gasteiger partial charge in [-0.2, -0.15) is 0 Å². The number of amides is 3. The van der Waals surface area contributed by atoms with Crippen molar-refractivity contribution in [2.75, 3.05) is 44.0 Å². The maximum absolute atomic E-state index is 12.8. The van der Waals surface area contributed by atoms with Gasteiger partial charge in [0.2, 0.25) is 0 Å². The summed E-state index contributed by atoms with van der Waals surface area (Å²) < 4.78 is 17.6. The molecule has 0 spiro atoms. The highest BCUT2D eigenvalue weighted by atomic mass is 16.5. The summed E-state index contributed by atoms with van der Waals surface area (Å²) >= 11 is 0. The quantitative estimate of drug-likeness (QED) is 0.171. The van der Waals surface area contributed by atoms with Gasteiger partial charge in [-0.1, -0.05) is 13.8 Å². The largest absolute Gasteiger partial charge is 0.493 e. The molecule has 4 N–H and O–H groups in total. The van der Waals surface area contributed by atoms with E-state index in [1.807, 2.05) is 26.0 Å². The highest BCUT2D eigenvalue weighted by Gasteiger charge is 2.20. The molecule has 0 unspecified atom stereocenters. The number of carbonyl (C=O) groups excluding carboxylic acids is 2. The van der Waals surface area contributed by atoms with Gasteiger partial charge in [-0.05, 0) is 92.8 Å². The van der Waals surface area contributed by atoms with Gasteiger partial charge in [0.25, 0.3) is 5.91 Å². The predicted molar refractivity (Wildman–Crippen MR) is 172 cm³/mol. The van der Waals surface area contributed by atoms with Crippen molar-refractivity contribution in [2.24, 2.45) is 0 Å². The number of likely N-dealkylation sites (tertiary alicyclic amines) is 1. The van der Waals surface area contributed by atoms with Gasteiger partial charge in [-0.3, -0.25) is 4.79 Å². The Morgan fingerprint density at radius 3 is 2.18 bits per heavy atom. The summed E-state index contributed by atoms with van der Waals surface area (Å²) in [6.07, 6.45) is 4.57. The number of piperidine rings is 1. The molecule has 3 aromatic carbocycles. The summed E-state index contributed by atoms with van der Waals surface area (Å²) in [4.78, 5) is 27.5. The van der Waals surface area contributed by atoms with Crippen LogP contribution in [0.25, 0.3) is 0 Å². The molecule has 1 heterocycles. The number of rotatable bonds is 14. The van der Waals surface area contributed by atoms with E-state index in [2.05, 4.69) is 20.9 Å². The number of carbonyl (C=O) groups is 2. The number of nitrogens with zero attached hydrogens (tertiary/aromatic N) is 1. The summed E-state index contributed by atoms with van der Waals surface area (Å²) in [7, 11) is 1.54. The van der Waals surface area contributed by atoms with Crippen LogP contribution in [0.5, 0.6) is 23.0 Å². The van der Waals surface area contributed by atoms with E-state index in [1.54, 1.807) is 61.7 Å². The highest BCUT2D eigenvalue weighted by Crippen LogP contribution is 2.34. The van der Waals surface area contributed by atoms with Gasteiger partial charge in [0.15, 0.2) is 11.5 Å². The number of methoxy groups -OCH3 is 1. The molecule has 0 aromatic heterocycles. The van der Waals surface area contributed by atoms with Crippen LogP contribution >= 0.6 is 0 Å². The molecule has 0 atom stereocenters. The Bertz CT molecular complexity index is 1340. The molecule has 1 saturated heterocycles. The maximum atomic E-state index is 12.8. The zero-order chi connectivity index (χ0) is 31.3. The predicted octanol–water partition coefficient (Wildman–Crippen LogP) is 6.28. The van der Waals surface area contributed by atoms with Crippen molar-refractivity contribution in [1.29, 1.82) is 0 Å². The molecule has 1 fully saturated rings. The lowest BCUT2D eigenvalue weighted by Crippen LogP contribution is -2.38. The Balaban J connectivity index is 1.27. The van der Waals surface area contributed by atoms with Crippen LogP contribution in [0, 0.1) is 0 Å². The van der Waals surface area contributed by atoms with Crippen molar-refractivity contribution < 1.29 is 28.9 Å². The van der Waals surface area contributed by atoms with Crippen LogP contribution in [-0.2, 0) is 0 Å². The van der Waals surface area contributed by atoms with Crippen molar-refractivity contribution in [3.05, 3.63) is 72.3 Å². The van der Waals surface area contributed by atoms with Gasteiger partial charge in [0.1, 0.15) is 17.6 Å². The SMILES string of the molecule is CCC(CC)NC(=O)Nc1ccc(Oc2ccc(NC(=O)c3ccc(OC4CCN(CCCO)CC4)cc3)cc2)c(OC)c1. The Morgan fingerprint density at radius 2 is 1.55 bits per heavy atom. The van der Waals surface area contributed by atoms with Crippen LogP contribution in [0.15, 0.2) is 66.7 Å². The minimum absolute atomic E-state index is 0.121. The number of aliphatic hydroxyl groups is 1. The summed E-state index contributed by atoms with van der Waals surface area (Å²) in [6.45, 7) is 7.14. The summed E-state index contributed by atoms with van der Waals surface area (Å²) in [5.41, 5.74) is 1.75. The zero-order valence-electron chi connectivity index (χ0n) is 25.8. The molecule has 0 saturated carbocycles. The second-order valence-corrected chi connectivity index (χ2v) is 10.8. The molecule has 3 aromatic rings. The smallest absolute Gasteiger partial charge is 0.319 e. The van der Waals surface area contributed by atoms with Crippen LogP contribution in [0.3, 0.4) is 0 Å². The van der Waals surface area contributed by atoms with Gasteiger partial charge in [-0.15, -0.1) is 0 Å². The molecule has 3 amide bonds. The minimum atomic E-state index is -0.265. The van der Waals surface area contributed by atoms with E-state index < -0.39 is 0 Å². The first-order chi connectivity index (χ1) is 21.4. The third-order valence-corrected chi connectivity index (χ3v) is 7.67. The van der Waals surface area contributed by atoms with Crippen LogP contribution in [0.4, 0.5) is 16.2 Å². The number of urea groups is 1. The molecular weight excluding hydrogens is 560 g/mol. The molecule has 0 aliphatic carbocycles. The fourth-order valence-electron chi connectivity index (χ4n) is 5.03. The summed E-state index contributed by atoms with van der Waals surface area (Å²) in [5, 5.41) is 17.7. The first-order valence-electron chi connectivity index (χ1n) is 15.4. The Labute approximate surface area is 259 Å². The number of ether oxygens (including phenoxy) is 3. The van der Waals surface area contributed by atoms with Gasteiger partial charge >= 0.3 is 6.03 Å². The average Bonchev–Trinajstić information content (AvgIpc) is 3.05. The van der Waals surface area contributed by atoms with Crippen molar-refractivity contribution >= 4 is 23.3 Å². The lowest BCUT2D eigenvalue weighted by atomic mass is 10.1. The van der Waals surface area contributed by atoms with E-state index in [-0.39, 0.29) is 30.7 Å². The number of aliphatic hydroxyl groups excluding tert-OH is 1. The Kier molecular flexibility index (Phi) is 12.3. The highest BCUT2D eigenvalue weighted by molar-refractivity contribution is 6.04. The topological polar surface area (TPSA) is 121 Å². The van der Waals surface area contributed by atoms with Crippen LogP contribution < -0.4 is 30.2 Å². The first kappa shape index (κ1) is 32.6. The number of nitrogens with one attached hydrogen (secondary N) is 3. The molecule has 4 rings (SSSR count). The second kappa shape index (κ2) is 16.5. The molecule has 10 nitrogen and oxygen atoms in total. The molecule has 1 aliphatic heterocycles. The fraction of sp³-hybridized carbons (Fsp3) is 0.412. The third-order valence-electron chi connectivity index (χ3n) is 7.67. The Hall–Kier alpha value is -4.28. The summed E-state index contributed by atoms with van der Waals surface area (Å²) in [5.74, 6) is 2.05. The van der Waals surface area contributed by atoms with E-state index in [4.69, 9.17) is 19.3 Å². The van der Waals surface area contributed by atoms with Crippen molar-refractivity contribution in [2.45, 2.75) is 58.1 Å². The average molecular weight is 605 g/mol. The molecule has 0 radical (unpaired) electrons. The normalized spacial score (nSPS) is 13.8. The van der Waals surface area contributed by atoms with Gasteiger partial charge in [0, 0.05) is 55.3 Å². The van der Waals surface area contributed by atoms with E-state index in [1.165, 1.54) is 0 Å². The lowest BCUT2D eigenvalue weighted by Gasteiger charge is -2.32. The third kappa shape index (κ3) is 9.62. The minimum Gasteiger partial charge on any atom is -0.493 e. The van der Waals surface area contributed by atoms with E-state index in [9.17, 15) is 9.59 Å². The molecule has 44 heavy (non-hydrogen) atoms. The van der Waals surface area contributed by atoms with E-state index >= 15 is 0 Å². The Morgan fingerprint density at radius 1 is 0.886 bits per heavy atom. The van der Waals surface area contributed by atoms with Crippen molar-refractivity contribution in [1.82, 2.24) is 10.2 Å². The van der Waals surface area contributed by atoms with E-state index in [0.29, 0.717) is 34.2 Å². The fourth-order valence-corrected chi connectivity index (χ4v) is 5.03. The summed E-state index contributed by atoms with van der Waals surface area (Å²) in [6, 6.07) is 19.3. The molecule has 1 aliphatic rings. The molecular formula is C34H44N4O6. The lowest BCUT2D eigenvalue weighted by molar-refractivity contribution is 0.0963. The molecule has 236 valence electrons. The van der Waals surface area contributed by atoms with Crippen LogP contribution in [-0.4, -0.2) is 67.4 Å². The standard InChI is InChI=1S/C34H44N4O6/c1-4-25(5-2)36-34(41)37-27-11-16-31(32(23-27)42-3)44-29-14-9-26(10-15-29)35-33(40)24-7-12-28(13-8-24)43-30-17-20-38(21-18-30)19-6-22-39/h7-16,23,25,30,39H,4-6,17-22H2,1-3H3,(H,35,40)(H2,36,37,41).